The average molecular weight is 589 g/mol. The summed E-state index contributed by atoms with van der Waals surface area (Å²) >= 11 is 0. The van der Waals surface area contributed by atoms with Gasteiger partial charge in [0.15, 0.2) is 0 Å². The SMILES string of the molecule is O=C(O)c1cc(-c2cc3cc4nc(cc5ccc(cc6nc(cc2[nH]3)C=C6)[nH]5)CC4)c(C(=O)O)c(C(=O)O)c1C(=O)O.[H-].[Na+]. The van der Waals surface area contributed by atoms with Gasteiger partial charge in [0.1, 0.15) is 0 Å². The third-order valence-corrected chi connectivity index (χ3v) is 6.94. The number of aryl methyl sites for hydroxylation is 2. The van der Waals surface area contributed by atoms with E-state index >= 15 is 0 Å². The van der Waals surface area contributed by atoms with Crippen LogP contribution in [-0.4, -0.2) is 64.2 Å². The fourth-order valence-electron chi connectivity index (χ4n) is 5.21. The summed E-state index contributed by atoms with van der Waals surface area (Å²) in [5.41, 5.74) is 1.06. The van der Waals surface area contributed by atoms with Crippen molar-refractivity contribution >= 4 is 58.1 Å². The van der Waals surface area contributed by atoms with Crippen molar-refractivity contribution in [1.29, 1.82) is 0 Å². The first-order chi connectivity index (χ1) is 20.1. The van der Waals surface area contributed by atoms with E-state index < -0.39 is 46.1 Å². The minimum absolute atomic E-state index is 0. The standard InChI is InChI=1S/C30H20N4O8.Na.H/c35-27(36)22-12-21(24(28(37)38)26(30(41)42)25(22)29(39)40)20-10-19-9-17-4-3-15(32-17)7-13-1-2-14(31-13)8-16-5-6-18(33-16)11-23(20)34-19;;/h1-2,5-12,31,34H,3-4H2,(H,35,36)(H,37,38)(H,39,40)(H,41,42);;/q;+1;-1. The molecule has 5 heterocycles. The van der Waals surface area contributed by atoms with Crippen molar-refractivity contribution in [2.45, 2.75) is 12.8 Å². The number of hydrogen-bond donors (Lipinski definition) is 6. The van der Waals surface area contributed by atoms with Crippen LogP contribution in [0, 0.1) is 0 Å². The van der Waals surface area contributed by atoms with Crippen molar-refractivity contribution in [2.75, 3.05) is 0 Å². The van der Waals surface area contributed by atoms with Gasteiger partial charge in [-0.3, -0.25) is 4.98 Å². The zero-order chi connectivity index (χ0) is 29.7. The zero-order valence-corrected chi connectivity index (χ0v) is 24.5. The normalized spacial score (nSPS) is 12.0. The van der Waals surface area contributed by atoms with Crippen LogP contribution in [0.5, 0.6) is 0 Å². The van der Waals surface area contributed by atoms with Gasteiger partial charge < -0.3 is 31.8 Å². The molecule has 43 heavy (non-hydrogen) atoms. The number of carboxylic acid groups (broad SMARTS) is 4. The van der Waals surface area contributed by atoms with Gasteiger partial charge in [0, 0.05) is 44.6 Å². The molecule has 8 bridgehead atoms. The summed E-state index contributed by atoms with van der Waals surface area (Å²) in [5.74, 6) is -7.23. The van der Waals surface area contributed by atoms with Crippen molar-refractivity contribution in [3.05, 3.63) is 93.6 Å². The van der Waals surface area contributed by atoms with E-state index in [1.807, 2.05) is 24.3 Å². The average Bonchev–Trinajstić information content (AvgIpc) is 3.72. The van der Waals surface area contributed by atoms with Gasteiger partial charge in [-0.25, -0.2) is 24.2 Å². The number of aromatic carboxylic acids is 4. The number of carboxylic acids is 4. The molecule has 0 amide bonds. The number of nitrogens with one attached hydrogen (secondary N) is 2. The number of H-pyrrole nitrogens is 2. The van der Waals surface area contributed by atoms with Crippen LogP contribution in [0.4, 0.5) is 0 Å². The molecule has 210 valence electrons. The Hall–Kier alpha value is -5.04. The maximum Gasteiger partial charge on any atom is 1.00 e. The second kappa shape index (κ2) is 11.3. The molecule has 0 unspecified atom stereocenters. The quantitative estimate of drug-likeness (QED) is 0.164. The molecule has 0 atom stereocenters. The zero-order valence-electron chi connectivity index (χ0n) is 23.5. The minimum atomic E-state index is -1.89. The Morgan fingerprint density at radius 1 is 0.605 bits per heavy atom. The van der Waals surface area contributed by atoms with E-state index in [4.69, 9.17) is 0 Å². The van der Waals surface area contributed by atoms with Crippen molar-refractivity contribution < 1.29 is 70.6 Å². The first kappa shape index (κ1) is 29.5. The molecule has 0 spiro atoms. The van der Waals surface area contributed by atoms with E-state index in [2.05, 4.69) is 19.9 Å². The Morgan fingerprint density at radius 3 is 1.79 bits per heavy atom. The van der Waals surface area contributed by atoms with Gasteiger partial charge in [0.05, 0.1) is 33.6 Å². The Balaban J connectivity index is 0.00000221. The molecule has 13 heteroatoms. The Kier molecular flexibility index (Phi) is 7.76. The second-order valence-electron chi connectivity index (χ2n) is 9.71. The van der Waals surface area contributed by atoms with Crippen molar-refractivity contribution in [1.82, 2.24) is 19.9 Å². The summed E-state index contributed by atoms with van der Waals surface area (Å²) in [6.45, 7) is 0. The van der Waals surface area contributed by atoms with Gasteiger partial charge in [0.2, 0.25) is 0 Å². The van der Waals surface area contributed by atoms with Crippen LogP contribution >= 0.6 is 0 Å². The number of rotatable bonds is 5. The van der Waals surface area contributed by atoms with Crippen molar-refractivity contribution in [3.8, 4) is 11.1 Å². The van der Waals surface area contributed by atoms with E-state index in [0.29, 0.717) is 35.3 Å². The molecule has 0 saturated heterocycles. The van der Waals surface area contributed by atoms with E-state index in [1.165, 1.54) is 0 Å². The third-order valence-electron chi connectivity index (χ3n) is 6.94. The van der Waals surface area contributed by atoms with Gasteiger partial charge in [-0.1, -0.05) is 0 Å². The number of nitrogens with zero attached hydrogens (tertiary/aromatic N) is 2. The van der Waals surface area contributed by atoms with E-state index in [-0.39, 0.29) is 42.1 Å². The largest absolute Gasteiger partial charge is 1.00 e. The van der Waals surface area contributed by atoms with Gasteiger partial charge in [-0.15, -0.1) is 0 Å². The van der Waals surface area contributed by atoms with Crippen LogP contribution in [0.2, 0.25) is 0 Å². The molecule has 2 aliphatic heterocycles. The van der Waals surface area contributed by atoms with Crippen molar-refractivity contribution in [3.63, 3.8) is 0 Å². The molecule has 2 aliphatic rings. The molecule has 0 fully saturated rings. The molecular formula is C30H21N4NaO8. The molecule has 0 aliphatic carbocycles. The molecule has 0 saturated carbocycles. The van der Waals surface area contributed by atoms with Gasteiger partial charge in [0.25, 0.3) is 0 Å². The molecule has 6 rings (SSSR count). The summed E-state index contributed by atoms with van der Waals surface area (Å²) in [6.07, 6.45) is 4.83. The third kappa shape index (κ3) is 5.58. The fraction of sp³-hybridized carbons (Fsp3) is 0.0667. The Labute approximate surface area is 265 Å². The maximum absolute atomic E-state index is 12.5. The predicted molar refractivity (Wildman–Crippen MR) is 152 cm³/mol. The van der Waals surface area contributed by atoms with Crippen LogP contribution in [-0.2, 0) is 12.8 Å². The number of fused-ring (bicyclic) bond motifs is 8. The van der Waals surface area contributed by atoms with E-state index in [0.717, 1.165) is 28.5 Å². The number of aromatic nitrogens is 4. The molecule has 6 N–H and O–H groups in total. The number of carbonyl (C=O) groups is 4. The summed E-state index contributed by atoms with van der Waals surface area (Å²) < 4.78 is 0. The minimum Gasteiger partial charge on any atom is -1.00 e. The van der Waals surface area contributed by atoms with E-state index in [1.54, 1.807) is 30.4 Å². The number of hydrogen-bond acceptors (Lipinski definition) is 6. The second-order valence-corrected chi connectivity index (χ2v) is 9.71. The maximum atomic E-state index is 12.5. The summed E-state index contributed by atoms with van der Waals surface area (Å²) in [4.78, 5) is 64.5. The van der Waals surface area contributed by atoms with Crippen LogP contribution in [0.1, 0.15) is 65.6 Å². The number of aromatic amines is 2. The van der Waals surface area contributed by atoms with Crippen LogP contribution in [0.3, 0.4) is 0 Å². The molecule has 12 nitrogen and oxygen atoms in total. The number of benzene rings is 1. The van der Waals surface area contributed by atoms with Gasteiger partial charge in [-0.2, -0.15) is 0 Å². The van der Waals surface area contributed by atoms with Crippen LogP contribution < -0.4 is 29.6 Å². The molecule has 1 aromatic carbocycles. The molecule has 3 aromatic heterocycles. The Bertz CT molecular complexity index is 2080. The Morgan fingerprint density at radius 2 is 1.19 bits per heavy atom. The first-order valence-corrected chi connectivity index (χ1v) is 12.6. The van der Waals surface area contributed by atoms with Crippen LogP contribution in [0.25, 0.3) is 45.3 Å². The fourth-order valence-corrected chi connectivity index (χ4v) is 5.21. The predicted octanol–water partition coefficient (Wildman–Crippen LogP) is 1.85. The molecular weight excluding hydrogens is 567 g/mol. The van der Waals surface area contributed by atoms with Gasteiger partial charge in [-0.05, 0) is 73.5 Å². The van der Waals surface area contributed by atoms with Crippen molar-refractivity contribution in [2.24, 2.45) is 0 Å². The summed E-state index contributed by atoms with van der Waals surface area (Å²) in [5, 5.41) is 39.5. The van der Waals surface area contributed by atoms with Crippen LogP contribution in [0.15, 0.2) is 48.5 Å². The topological polar surface area (TPSA) is 207 Å². The molecule has 0 radical (unpaired) electrons. The first-order valence-electron chi connectivity index (χ1n) is 12.6. The summed E-state index contributed by atoms with van der Waals surface area (Å²) in [6, 6.07) is 13.4. The molecule has 4 aromatic rings. The smallest absolute Gasteiger partial charge is 1.00 e. The van der Waals surface area contributed by atoms with Gasteiger partial charge >= 0.3 is 53.4 Å². The summed E-state index contributed by atoms with van der Waals surface area (Å²) in [7, 11) is 0. The monoisotopic (exact) mass is 588 g/mol. The van der Waals surface area contributed by atoms with E-state index in [9.17, 15) is 39.6 Å².